The highest BCUT2D eigenvalue weighted by Crippen LogP contribution is 2.42. The molecule has 0 bridgehead atoms. The summed E-state index contributed by atoms with van der Waals surface area (Å²) in [5.74, 6) is -0.479. The van der Waals surface area contributed by atoms with E-state index in [4.69, 9.17) is 5.73 Å². The number of nitrogens with two attached hydrogens (primary N) is 1. The van der Waals surface area contributed by atoms with Gasteiger partial charge in [-0.1, -0.05) is 105 Å². The lowest BCUT2D eigenvalue weighted by Crippen LogP contribution is -2.47. The molecule has 4 nitrogen and oxygen atoms in total. The second-order valence-electron chi connectivity index (χ2n) is 8.33. The lowest BCUT2D eigenvalue weighted by Gasteiger charge is -2.36. The number of benzene rings is 3. The van der Waals surface area contributed by atoms with Gasteiger partial charge in [-0.05, 0) is 29.0 Å². The van der Waals surface area contributed by atoms with E-state index in [1.807, 2.05) is 105 Å². The fourth-order valence-electron chi connectivity index (χ4n) is 4.18. The van der Waals surface area contributed by atoms with Gasteiger partial charge < -0.3 is 11.1 Å². The van der Waals surface area contributed by atoms with Crippen LogP contribution in [0.25, 0.3) is 0 Å². The number of hydrogen-bond acceptors (Lipinski definition) is 2. The smallest absolute Gasteiger partial charge is 0.240 e. The van der Waals surface area contributed by atoms with E-state index in [9.17, 15) is 9.59 Å². The van der Waals surface area contributed by atoms with E-state index in [0.29, 0.717) is 6.42 Å². The molecular formula is C27H30N2O2. The molecule has 4 heteroatoms. The summed E-state index contributed by atoms with van der Waals surface area (Å²) in [5.41, 5.74) is 7.92. The number of nitrogens with one attached hydrogen (secondary N) is 1. The average Bonchev–Trinajstić information content (AvgIpc) is 2.78. The highest BCUT2D eigenvalue weighted by atomic mass is 16.2. The van der Waals surface area contributed by atoms with E-state index < -0.39 is 17.4 Å². The molecule has 160 valence electrons. The van der Waals surface area contributed by atoms with Gasteiger partial charge in [0.25, 0.3) is 0 Å². The van der Waals surface area contributed by atoms with Crippen LogP contribution < -0.4 is 11.1 Å². The third kappa shape index (κ3) is 5.21. The Labute approximate surface area is 184 Å². The summed E-state index contributed by atoms with van der Waals surface area (Å²) in [6, 6.07) is 29.4. The average molecular weight is 415 g/mol. The van der Waals surface area contributed by atoms with E-state index in [-0.39, 0.29) is 18.2 Å². The van der Waals surface area contributed by atoms with Gasteiger partial charge in [-0.25, -0.2) is 0 Å². The van der Waals surface area contributed by atoms with Crippen molar-refractivity contribution in [2.45, 2.75) is 38.1 Å². The van der Waals surface area contributed by atoms with Crippen molar-refractivity contribution in [3.8, 4) is 0 Å². The minimum absolute atomic E-state index is 0.160. The van der Waals surface area contributed by atoms with Crippen LogP contribution in [0.5, 0.6) is 0 Å². The molecule has 3 rings (SSSR count). The number of carbonyl (C=O) groups excluding carboxylic acids is 2. The van der Waals surface area contributed by atoms with Crippen LogP contribution in [0.1, 0.15) is 43.4 Å². The Morgan fingerprint density at radius 2 is 1.16 bits per heavy atom. The van der Waals surface area contributed by atoms with Gasteiger partial charge in [0.05, 0.1) is 5.41 Å². The van der Waals surface area contributed by atoms with Crippen molar-refractivity contribution in [2.24, 2.45) is 11.7 Å². The Kier molecular flexibility index (Phi) is 7.24. The first kappa shape index (κ1) is 22.3. The van der Waals surface area contributed by atoms with Crippen LogP contribution in [0.15, 0.2) is 91.0 Å². The maximum absolute atomic E-state index is 13.4. The molecule has 0 radical (unpaired) electrons. The largest absolute Gasteiger partial charge is 0.368 e. The Balaban J connectivity index is 2.10. The summed E-state index contributed by atoms with van der Waals surface area (Å²) in [7, 11) is 0. The summed E-state index contributed by atoms with van der Waals surface area (Å²) in [4.78, 5) is 25.3. The van der Waals surface area contributed by atoms with Gasteiger partial charge in [0, 0.05) is 6.42 Å². The van der Waals surface area contributed by atoms with Gasteiger partial charge in [0.1, 0.15) is 6.04 Å². The van der Waals surface area contributed by atoms with Crippen LogP contribution in [-0.2, 0) is 15.0 Å². The van der Waals surface area contributed by atoms with E-state index in [0.717, 1.165) is 16.7 Å². The molecule has 0 unspecified atom stereocenters. The molecule has 1 atom stereocenters. The van der Waals surface area contributed by atoms with Crippen molar-refractivity contribution >= 4 is 11.8 Å². The van der Waals surface area contributed by atoms with E-state index >= 15 is 0 Å². The summed E-state index contributed by atoms with van der Waals surface area (Å²) < 4.78 is 0. The second-order valence-corrected chi connectivity index (χ2v) is 8.33. The minimum atomic E-state index is -0.701. The van der Waals surface area contributed by atoms with Gasteiger partial charge in [0.2, 0.25) is 11.8 Å². The standard InChI is InChI=1S/C27H30N2O2/c1-20(2)18-24(26(28)31)29-25(30)19-27(21-12-6-3-7-13-21,22-14-8-4-9-15-22)23-16-10-5-11-17-23/h3-17,20,24H,18-19H2,1-2H3,(H2,28,31)(H,29,30)/t24-/m0/s1. The Hall–Kier alpha value is -3.40. The third-order valence-electron chi connectivity index (χ3n) is 5.61. The van der Waals surface area contributed by atoms with E-state index in [1.54, 1.807) is 0 Å². The lowest BCUT2D eigenvalue weighted by atomic mass is 9.67. The topological polar surface area (TPSA) is 72.2 Å². The molecule has 0 fully saturated rings. The molecule has 0 saturated carbocycles. The highest BCUT2D eigenvalue weighted by molar-refractivity contribution is 5.87. The number of rotatable bonds is 9. The zero-order chi connectivity index (χ0) is 22.3. The van der Waals surface area contributed by atoms with E-state index in [2.05, 4.69) is 5.32 Å². The van der Waals surface area contributed by atoms with Crippen molar-refractivity contribution in [1.29, 1.82) is 0 Å². The monoisotopic (exact) mass is 414 g/mol. The Morgan fingerprint density at radius 1 is 0.774 bits per heavy atom. The molecule has 3 aromatic rings. The van der Waals surface area contributed by atoms with Crippen LogP contribution in [0, 0.1) is 5.92 Å². The van der Waals surface area contributed by atoms with Gasteiger partial charge in [-0.15, -0.1) is 0 Å². The maximum Gasteiger partial charge on any atom is 0.240 e. The van der Waals surface area contributed by atoms with Gasteiger partial charge in [-0.3, -0.25) is 9.59 Å². The Morgan fingerprint density at radius 3 is 1.48 bits per heavy atom. The van der Waals surface area contributed by atoms with Crippen LogP contribution in [0.2, 0.25) is 0 Å². The molecule has 0 aromatic heterocycles. The number of primary amides is 1. The first-order chi connectivity index (χ1) is 14.9. The summed E-state index contributed by atoms with van der Waals surface area (Å²) in [6.45, 7) is 4.01. The molecule has 0 spiro atoms. The normalized spacial score (nSPS) is 12.4. The first-order valence-electron chi connectivity index (χ1n) is 10.7. The number of carbonyl (C=O) groups is 2. The van der Waals surface area contributed by atoms with Crippen molar-refractivity contribution in [3.05, 3.63) is 108 Å². The molecule has 3 aromatic carbocycles. The Bertz CT molecular complexity index is 889. The first-order valence-corrected chi connectivity index (χ1v) is 10.7. The SMILES string of the molecule is CC(C)C[C@H](NC(=O)CC(c1ccccc1)(c1ccccc1)c1ccccc1)C(N)=O. The second kappa shape index (κ2) is 10.1. The molecule has 0 aliphatic rings. The molecule has 0 heterocycles. The molecule has 0 aliphatic carbocycles. The van der Waals surface area contributed by atoms with Crippen molar-refractivity contribution in [3.63, 3.8) is 0 Å². The zero-order valence-corrected chi connectivity index (χ0v) is 18.1. The van der Waals surface area contributed by atoms with Crippen molar-refractivity contribution in [2.75, 3.05) is 0 Å². The summed E-state index contributed by atoms with van der Waals surface area (Å²) in [6.07, 6.45) is 0.670. The quantitative estimate of drug-likeness (QED) is 0.509. The summed E-state index contributed by atoms with van der Waals surface area (Å²) in [5, 5.41) is 2.90. The van der Waals surface area contributed by atoms with Gasteiger partial charge in [-0.2, -0.15) is 0 Å². The van der Waals surface area contributed by atoms with Gasteiger partial charge in [0.15, 0.2) is 0 Å². The molecular weight excluding hydrogens is 384 g/mol. The molecule has 3 N–H and O–H groups in total. The molecule has 2 amide bonds. The third-order valence-corrected chi connectivity index (χ3v) is 5.61. The predicted octanol–water partition coefficient (Wildman–Crippen LogP) is 4.43. The molecule has 31 heavy (non-hydrogen) atoms. The van der Waals surface area contributed by atoms with Crippen LogP contribution in [0.4, 0.5) is 0 Å². The fraction of sp³-hybridized carbons (Fsp3) is 0.259. The van der Waals surface area contributed by atoms with Crippen molar-refractivity contribution < 1.29 is 9.59 Å². The van der Waals surface area contributed by atoms with E-state index in [1.165, 1.54) is 0 Å². The van der Waals surface area contributed by atoms with Gasteiger partial charge >= 0.3 is 0 Å². The highest BCUT2D eigenvalue weighted by Gasteiger charge is 2.39. The number of hydrogen-bond donors (Lipinski definition) is 2. The predicted molar refractivity (Wildman–Crippen MR) is 124 cm³/mol. The number of amides is 2. The molecule has 0 aliphatic heterocycles. The minimum Gasteiger partial charge on any atom is -0.368 e. The summed E-state index contributed by atoms with van der Waals surface area (Å²) >= 11 is 0. The van der Waals surface area contributed by atoms with Crippen LogP contribution in [-0.4, -0.2) is 17.9 Å². The lowest BCUT2D eigenvalue weighted by molar-refractivity contribution is -0.128. The molecule has 0 saturated heterocycles. The fourth-order valence-corrected chi connectivity index (χ4v) is 4.18. The van der Waals surface area contributed by atoms with Crippen LogP contribution in [0.3, 0.4) is 0 Å². The maximum atomic E-state index is 13.4. The zero-order valence-electron chi connectivity index (χ0n) is 18.1. The van der Waals surface area contributed by atoms with Crippen molar-refractivity contribution in [1.82, 2.24) is 5.32 Å². The van der Waals surface area contributed by atoms with Crippen LogP contribution >= 0.6 is 0 Å².